The molecule has 0 radical (unpaired) electrons. The van der Waals surface area contributed by atoms with E-state index < -0.39 is 11.6 Å². The molecule has 1 aliphatic rings. The van der Waals surface area contributed by atoms with Gasteiger partial charge in [-0.25, -0.2) is 8.78 Å². The summed E-state index contributed by atoms with van der Waals surface area (Å²) in [5.74, 6) is 2.08. The fraction of sp³-hybridized carbons (Fsp3) is 0.412. The monoisotopic (exact) mass is 291 g/mol. The fourth-order valence-corrected chi connectivity index (χ4v) is 2.62. The third kappa shape index (κ3) is 3.16. The second-order valence-electron chi connectivity index (χ2n) is 5.89. The van der Waals surface area contributed by atoms with Crippen LogP contribution in [0.3, 0.4) is 0 Å². The summed E-state index contributed by atoms with van der Waals surface area (Å²) >= 11 is 0. The van der Waals surface area contributed by atoms with Crippen LogP contribution in [0.5, 0.6) is 0 Å². The zero-order valence-electron chi connectivity index (χ0n) is 12.2. The van der Waals surface area contributed by atoms with E-state index in [-0.39, 0.29) is 6.04 Å². The highest BCUT2D eigenvalue weighted by atomic mass is 19.1. The first kappa shape index (κ1) is 14.3. The van der Waals surface area contributed by atoms with Gasteiger partial charge in [0.15, 0.2) is 0 Å². The molecular weight excluding hydrogens is 272 g/mol. The van der Waals surface area contributed by atoms with E-state index in [2.05, 4.69) is 12.2 Å². The van der Waals surface area contributed by atoms with Crippen molar-refractivity contribution in [2.24, 2.45) is 5.92 Å². The van der Waals surface area contributed by atoms with Gasteiger partial charge in [0, 0.05) is 23.6 Å². The van der Waals surface area contributed by atoms with E-state index in [1.54, 1.807) is 0 Å². The first-order valence-electron chi connectivity index (χ1n) is 7.31. The van der Waals surface area contributed by atoms with Gasteiger partial charge in [0.05, 0.1) is 6.54 Å². The van der Waals surface area contributed by atoms with Gasteiger partial charge in [-0.15, -0.1) is 0 Å². The van der Waals surface area contributed by atoms with Crippen LogP contribution in [0.2, 0.25) is 0 Å². The summed E-state index contributed by atoms with van der Waals surface area (Å²) in [7, 11) is 0. The smallest absolute Gasteiger partial charge is 0.130 e. The van der Waals surface area contributed by atoms with Crippen molar-refractivity contribution >= 4 is 0 Å². The van der Waals surface area contributed by atoms with Crippen molar-refractivity contribution in [1.29, 1.82) is 0 Å². The van der Waals surface area contributed by atoms with E-state index in [1.165, 1.54) is 18.6 Å². The molecule has 1 fully saturated rings. The Morgan fingerprint density at radius 2 is 2.05 bits per heavy atom. The molecule has 0 aliphatic heterocycles. The number of furan rings is 1. The molecule has 2 aromatic rings. The van der Waals surface area contributed by atoms with Crippen molar-refractivity contribution in [3.05, 3.63) is 59.1 Å². The number of halogens is 2. The van der Waals surface area contributed by atoms with Crippen LogP contribution < -0.4 is 5.32 Å². The minimum absolute atomic E-state index is 0.209. The van der Waals surface area contributed by atoms with Crippen molar-refractivity contribution in [3.8, 4) is 0 Å². The van der Waals surface area contributed by atoms with Crippen molar-refractivity contribution in [3.63, 3.8) is 0 Å². The highest BCUT2D eigenvalue weighted by Crippen LogP contribution is 2.47. The maximum atomic E-state index is 13.7. The van der Waals surface area contributed by atoms with Gasteiger partial charge in [0.1, 0.15) is 23.2 Å². The first-order valence-corrected chi connectivity index (χ1v) is 7.31. The zero-order chi connectivity index (χ0) is 15.0. The summed E-state index contributed by atoms with van der Waals surface area (Å²) in [6.45, 7) is 4.59. The van der Waals surface area contributed by atoms with Crippen molar-refractivity contribution < 1.29 is 13.2 Å². The summed E-state index contributed by atoms with van der Waals surface area (Å²) < 4.78 is 32.4. The Kier molecular flexibility index (Phi) is 3.81. The SMILES string of the molecule is CC(NCc1ccc(C2CC2C)o1)c1ccc(F)cc1F. The molecule has 3 unspecified atom stereocenters. The molecule has 0 amide bonds. The minimum atomic E-state index is -0.558. The molecule has 3 atom stereocenters. The lowest BCUT2D eigenvalue weighted by Gasteiger charge is -2.14. The Labute approximate surface area is 123 Å². The maximum Gasteiger partial charge on any atom is 0.130 e. The number of nitrogens with one attached hydrogen (secondary N) is 1. The molecule has 1 aliphatic carbocycles. The van der Waals surface area contributed by atoms with E-state index in [0.29, 0.717) is 23.9 Å². The van der Waals surface area contributed by atoms with E-state index in [0.717, 1.165) is 17.6 Å². The average molecular weight is 291 g/mol. The molecule has 1 N–H and O–H groups in total. The Morgan fingerprint density at radius 1 is 1.29 bits per heavy atom. The van der Waals surface area contributed by atoms with Gasteiger partial charge in [-0.05, 0) is 37.5 Å². The maximum absolute atomic E-state index is 13.7. The topological polar surface area (TPSA) is 25.2 Å². The van der Waals surface area contributed by atoms with Crippen LogP contribution in [-0.4, -0.2) is 0 Å². The minimum Gasteiger partial charge on any atom is -0.464 e. The standard InChI is InChI=1S/C17H19F2NO/c1-10-7-15(10)17-6-4-13(21-17)9-20-11(2)14-5-3-12(18)8-16(14)19/h3-6,8,10-11,15,20H,7,9H2,1-2H3. The quantitative estimate of drug-likeness (QED) is 0.875. The molecule has 0 bridgehead atoms. The van der Waals surface area contributed by atoms with Gasteiger partial charge in [-0.1, -0.05) is 13.0 Å². The van der Waals surface area contributed by atoms with Crippen LogP contribution >= 0.6 is 0 Å². The third-order valence-corrected chi connectivity index (χ3v) is 4.17. The molecule has 1 aromatic carbocycles. The van der Waals surface area contributed by atoms with Crippen LogP contribution in [0.4, 0.5) is 8.78 Å². The van der Waals surface area contributed by atoms with E-state index in [4.69, 9.17) is 4.42 Å². The Morgan fingerprint density at radius 3 is 2.71 bits per heavy atom. The highest BCUT2D eigenvalue weighted by molar-refractivity contribution is 5.22. The van der Waals surface area contributed by atoms with E-state index in [1.807, 2.05) is 19.1 Å². The van der Waals surface area contributed by atoms with E-state index in [9.17, 15) is 8.78 Å². The molecule has 3 rings (SSSR count). The van der Waals surface area contributed by atoms with Crippen LogP contribution in [0.1, 0.15) is 49.3 Å². The Balaban J connectivity index is 1.60. The molecule has 0 saturated heterocycles. The second-order valence-corrected chi connectivity index (χ2v) is 5.89. The van der Waals surface area contributed by atoms with Gasteiger partial charge < -0.3 is 9.73 Å². The number of hydrogen-bond donors (Lipinski definition) is 1. The second kappa shape index (κ2) is 5.60. The lowest BCUT2D eigenvalue weighted by Crippen LogP contribution is -2.18. The largest absolute Gasteiger partial charge is 0.464 e. The van der Waals surface area contributed by atoms with Crippen LogP contribution in [0, 0.1) is 17.6 Å². The van der Waals surface area contributed by atoms with Gasteiger partial charge >= 0.3 is 0 Å². The first-order chi connectivity index (χ1) is 10.0. The van der Waals surface area contributed by atoms with Crippen LogP contribution in [0.25, 0.3) is 0 Å². The summed E-state index contributed by atoms with van der Waals surface area (Å²) in [4.78, 5) is 0. The molecule has 1 saturated carbocycles. The molecule has 4 heteroatoms. The van der Waals surface area contributed by atoms with Crippen molar-refractivity contribution in [1.82, 2.24) is 5.32 Å². The predicted octanol–water partition coefficient (Wildman–Crippen LogP) is 4.53. The highest BCUT2D eigenvalue weighted by Gasteiger charge is 2.36. The van der Waals surface area contributed by atoms with Crippen molar-refractivity contribution in [2.45, 2.75) is 38.8 Å². The number of benzene rings is 1. The molecule has 21 heavy (non-hydrogen) atoms. The molecular formula is C17H19F2NO. The lowest BCUT2D eigenvalue weighted by molar-refractivity contribution is 0.425. The Bertz CT molecular complexity index is 637. The van der Waals surface area contributed by atoms with Gasteiger partial charge in [0.2, 0.25) is 0 Å². The zero-order valence-corrected chi connectivity index (χ0v) is 12.2. The molecule has 1 aromatic heterocycles. The van der Waals surface area contributed by atoms with Crippen molar-refractivity contribution in [2.75, 3.05) is 0 Å². The number of hydrogen-bond acceptors (Lipinski definition) is 2. The average Bonchev–Trinajstić information content (AvgIpc) is 2.99. The molecule has 2 nitrogen and oxygen atoms in total. The van der Waals surface area contributed by atoms with Gasteiger partial charge in [0.25, 0.3) is 0 Å². The van der Waals surface area contributed by atoms with E-state index >= 15 is 0 Å². The summed E-state index contributed by atoms with van der Waals surface area (Å²) in [5.41, 5.74) is 0.457. The summed E-state index contributed by atoms with van der Waals surface area (Å²) in [6, 6.07) is 7.43. The third-order valence-electron chi connectivity index (χ3n) is 4.17. The van der Waals surface area contributed by atoms with Crippen LogP contribution in [-0.2, 0) is 6.54 Å². The Hall–Kier alpha value is -1.68. The molecule has 0 spiro atoms. The normalized spacial score (nSPS) is 22.3. The van der Waals surface area contributed by atoms with Crippen LogP contribution in [0.15, 0.2) is 34.7 Å². The molecule has 112 valence electrons. The lowest BCUT2D eigenvalue weighted by atomic mass is 10.1. The van der Waals surface area contributed by atoms with Gasteiger partial charge in [-0.3, -0.25) is 0 Å². The fourth-order valence-electron chi connectivity index (χ4n) is 2.62. The van der Waals surface area contributed by atoms with Gasteiger partial charge in [-0.2, -0.15) is 0 Å². The number of rotatable bonds is 5. The summed E-state index contributed by atoms with van der Waals surface area (Å²) in [6.07, 6.45) is 1.19. The summed E-state index contributed by atoms with van der Waals surface area (Å²) in [5, 5.41) is 3.20. The molecule has 1 heterocycles. The predicted molar refractivity (Wildman–Crippen MR) is 76.8 cm³/mol.